The quantitative estimate of drug-likeness (QED) is 0.346. The van der Waals surface area contributed by atoms with Crippen molar-refractivity contribution >= 4 is 5.97 Å². The van der Waals surface area contributed by atoms with E-state index in [2.05, 4.69) is 5.18 Å². The first-order valence-corrected chi connectivity index (χ1v) is 6.33. The Labute approximate surface area is 112 Å². The minimum atomic E-state index is -0.447. The van der Waals surface area contributed by atoms with Crippen LogP contribution in [0.5, 0.6) is 0 Å². The van der Waals surface area contributed by atoms with Crippen LogP contribution in [0.4, 0.5) is 0 Å². The molecule has 19 heavy (non-hydrogen) atoms. The highest BCUT2D eigenvalue weighted by atomic mass is 16.5. The van der Waals surface area contributed by atoms with Crippen molar-refractivity contribution in [3.8, 4) is 0 Å². The van der Waals surface area contributed by atoms with Gasteiger partial charge in [-0.2, -0.15) is 4.91 Å². The van der Waals surface area contributed by atoms with Crippen molar-refractivity contribution in [1.29, 1.82) is 0 Å². The van der Waals surface area contributed by atoms with Crippen LogP contribution < -0.4 is 0 Å². The summed E-state index contributed by atoms with van der Waals surface area (Å²) < 4.78 is 5.06. The molecule has 0 saturated carbocycles. The summed E-state index contributed by atoms with van der Waals surface area (Å²) in [7, 11) is 0. The summed E-state index contributed by atoms with van der Waals surface area (Å²) in [6.07, 6.45) is 9.92. The molecule has 1 rings (SSSR count). The van der Waals surface area contributed by atoms with E-state index in [1.54, 1.807) is 19.1 Å². The summed E-state index contributed by atoms with van der Waals surface area (Å²) >= 11 is 0. The van der Waals surface area contributed by atoms with Gasteiger partial charge in [-0.15, -0.1) is 0 Å². The summed E-state index contributed by atoms with van der Waals surface area (Å²) in [6, 6.07) is -0.188. The Morgan fingerprint density at radius 2 is 2.47 bits per heavy atom. The van der Waals surface area contributed by atoms with Crippen molar-refractivity contribution in [1.82, 2.24) is 0 Å². The first-order chi connectivity index (χ1) is 9.15. The van der Waals surface area contributed by atoms with Crippen LogP contribution in [-0.2, 0) is 9.53 Å². The van der Waals surface area contributed by atoms with E-state index < -0.39 is 5.97 Å². The molecule has 1 N–H and O–H groups in total. The molecule has 0 aromatic rings. The molecule has 1 aliphatic carbocycles. The molecule has 0 aliphatic heterocycles. The lowest BCUT2D eigenvalue weighted by atomic mass is 9.95. The van der Waals surface area contributed by atoms with Gasteiger partial charge in [0.15, 0.2) is 0 Å². The van der Waals surface area contributed by atoms with E-state index in [9.17, 15) is 9.70 Å². The molecule has 0 radical (unpaired) electrons. The van der Waals surface area contributed by atoms with Gasteiger partial charge in [-0.1, -0.05) is 23.4 Å². The van der Waals surface area contributed by atoms with Gasteiger partial charge in [0.2, 0.25) is 0 Å². The van der Waals surface area contributed by atoms with Crippen LogP contribution in [0.15, 0.2) is 41.1 Å². The first kappa shape index (κ1) is 15.3. The predicted octanol–water partition coefficient (Wildman–Crippen LogP) is 2.27. The maximum Gasteiger partial charge on any atom is 0.331 e. The zero-order valence-electron chi connectivity index (χ0n) is 11.0. The van der Waals surface area contributed by atoms with Gasteiger partial charge in [-0.3, -0.25) is 0 Å². The minimum absolute atomic E-state index is 0.0787. The highest BCUT2D eigenvalue weighted by Crippen LogP contribution is 2.21. The molecule has 5 nitrogen and oxygen atoms in total. The van der Waals surface area contributed by atoms with E-state index in [4.69, 9.17) is 9.84 Å². The van der Waals surface area contributed by atoms with E-state index in [0.29, 0.717) is 6.42 Å². The molecule has 5 heteroatoms. The molecule has 0 amide bonds. The Hall–Kier alpha value is -1.75. The molecular weight excluding hydrogens is 246 g/mol. The van der Waals surface area contributed by atoms with Crippen molar-refractivity contribution < 1.29 is 14.6 Å². The second-order valence-electron chi connectivity index (χ2n) is 4.41. The number of nitrogens with zero attached hydrogens (tertiary/aromatic N) is 1. The molecule has 1 aliphatic rings. The number of esters is 1. The Balaban J connectivity index is 2.43. The number of hydrogen-bond acceptors (Lipinski definition) is 5. The number of ether oxygens (including phenoxy) is 1. The summed E-state index contributed by atoms with van der Waals surface area (Å²) in [5.41, 5.74) is 0.936. The third-order valence-electron chi connectivity index (χ3n) is 2.77. The Morgan fingerprint density at radius 1 is 1.68 bits per heavy atom. The van der Waals surface area contributed by atoms with Gasteiger partial charge in [-0.05, 0) is 37.8 Å². The normalized spacial score (nSPS) is 21.4. The Morgan fingerprint density at radius 3 is 3.16 bits per heavy atom. The van der Waals surface area contributed by atoms with E-state index in [-0.39, 0.29) is 18.8 Å². The molecule has 0 spiro atoms. The molecule has 0 aromatic carbocycles. The lowest BCUT2D eigenvalue weighted by Gasteiger charge is -2.14. The maximum absolute atomic E-state index is 11.5. The standard InChI is InChI=1S/C14H19NO4/c1-11(4-3-9-16)19-14(17)8-7-12-5-2-6-13(10-12)15-18/h3-5,7-8,11,13,16H,2,6,9-10H2,1H3/b4-3-,8-7+/t11-,13?/m1/s1. The fraction of sp³-hybridized carbons (Fsp3) is 0.500. The monoisotopic (exact) mass is 265 g/mol. The van der Waals surface area contributed by atoms with Gasteiger partial charge in [0.05, 0.1) is 12.6 Å². The lowest BCUT2D eigenvalue weighted by molar-refractivity contribution is -0.140. The van der Waals surface area contributed by atoms with Gasteiger partial charge in [0.1, 0.15) is 6.10 Å². The van der Waals surface area contributed by atoms with Crippen molar-refractivity contribution in [2.75, 3.05) is 6.61 Å². The van der Waals surface area contributed by atoms with Crippen LogP contribution in [0, 0.1) is 4.91 Å². The average molecular weight is 265 g/mol. The van der Waals surface area contributed by atoms with Gasteiger partial charge in [0.25, 0.3) is 0 Å². The summed E-state index contributed by atoms with van der Waals surface area (Å²) in [5, 5.41) is 11.6. The number of rotatable bonds is 6. The number of carbonyl (C=O) groups excluding carboxylic acids is 1. The molecule has 0 bridgehead atoms. The SMILES string of the molecule is C[C@H](/C=C\CO)OC(=O)/C=C/C1=CCCC(N=O)C1. The number of allylic oxidation sites excluding steroid dienone is 2. The Kier molecular flexibility index (Phi) is 6.74. The minimum Gasteiger partial charge on any atom is -0.455 e. The maximum atomic E-state index is 11.5. The third kappa shape index (κ3) is 6.10. The Bertz CT molecular complexity index is 398. The van der Waals surface area contributed by atoms with E-state index >= 15 is 0 Å². The molecule has 0 heterocycles. The summed E-state index contributed by atoms with van der Waals surface area (Å²) in [4.78, 5) is 22.0. The van der Waals surface area contributed by atoms with Gasteiger partial charge in [0, 0.05) is 6.08 Å². The van der Waals surface area contributed by atoms with Crippen LogP contribution in [0.3, 0.4) is 0 Å². The van der Waals surface area contributed by atoms with Crippen LogP contribution in [0.1, 0.15) is 26.2 Å². The number of nitroso groups, excluding NO2 is 1. The highest BCUT2D eigenvalue weighted by molar-refractivity contribution is 5.82. The van der Waals surface area contributed by atoms with Gasteiger partial charge < -0.3 is 9.84 Å². The largest absolute Gasteiger partial charge is 0.455 e. The molecule has 1 unspecified atom stereocenters. The van der Waals surface area contributed by atoms with Gasteiger partial charge in [-0.25, -0.2) is 4.79 Å². The molecule has 0 aromatic heterocycles. The molecular formula is C14H19NO4. The highest BCUT2D eigenvalue weighted by Gasteiger charge is 2.14. The number of aliphatic hydroxyl groups excluding tert-OH is 1. The molecule has 104 valence electrons. The molecule has 2 atom stereocenters. The van der Waals surface area contributed by atoms with Crippen LogP contribution in [-0.4, -0.2) is 29.8 Å². The van der Waals surface area contributed by atoms with E-state index in [1.165, 1.54) is 12.2 Å². The second-order valence-corrected chi connectivity index (χ2v) is 4.41. The predicted molar refractivity (Wildman–Crippen MR) is 72.4 cm³/mol. The number of aliphatic hydroxyl groups is 1. The fourth-order valence-corrected chi connectivity index (χ4v) is 1.83. The van der Waals surface area contributed by atoms with Crippen LogP contribution >= 0.6 is 0 Å². The van der Waals surface area contributed by atoms with Crippen LogP contribution in [0.25, 0.3) is 0 Å². The van der Waals surface area contributed by atoms with Crippen molar-refractivity contribution in [2.45, 2.75) is 38.3 Å². The van der Waals surface area contributed by atoms with E-state index in [0.717, 1.165) is 18.4 Å². The van der Waals surface area contributed by atoms with Gasteiger partial charge >= 0.3 is 5.97 Å². The summed E-state index contributed by atoms with van der Waals surface area (Å²) in [6.45, 7) is 1.63. The first-order valence-electron chi connectivity index (χ1n) is 6.33. The summed E-state index contributed by atoms with van der Waals surface area (Å²) in [5.74, 6) is -0.447. The zero-order chi connectivity index (χ0) is 14.1. The topological polar surface area (TPSA) is 76.0 Å². The smallest absolute Gasteiger partial charge is 0.331 e. The molecule has 0 fully saturated rings. The number of carbonyl (C=O) groups is 1. The van der Waals surface area contributed by atoms with E-state index in [1.807, 2.05) is 6.08 Å². The van der Waals surface area contributed by atoms with Crippen molar-refractivity contribution in [3.05, 3.63) is 40.9 Å². The number of hydrogen-bond donors (Lipinski definition) is 1. The van der Waals surface area contributed by atoms with Crippen LogP contribution in [0.2, 0.25) is 0 Å². The molecule has 0 saturated heterocycles. The van der Waals surface area contributed by atoms with Crippen molar-refractivity contribution in [3.63, 3.8) is 0 Å². The fourth-order valence-electron chi connectivity index (χ4n) is 1.83. The second kappa shape index (κ2) is 8.37. The third-order valence-corrected chi connectivity index (χ3v) is 2.77. The zero-order valence-corrected chi connectivity index (χ0v) is 11.0. The lowest BCUT2D eigenvalue weighted by Crippen LogP contribution is -2.11. The average Bonchev–Trinajstić information content (AvgIpc) is 2.43. The van der Waals surface area contributed by atoms with Crippen molar-refractivity contribution in [2.24, 2.45) is 5.18 Å².